The molecule has 0 saturated carbocycles. The first kappa shape index (κ1) is 21.3. The van der Waals surface area contributed by atoms with Crippen molar-refractivity contribution < 1.29 is 51.6 Å². The van der Waals surface area contributed by atoms with E-state index in [0.717, 1.165) is 12.0 Å². The quantitative estimate of drug-likeness (QED) is 0.602. The van der Waals surface area contributed by atoms with Crippen LogP contribution in [-0.4, -0.2) is 5.11 Å². The second-order valence-corrected chi connectivity index (χ2v) is 4.93. The molecule has 1 aromatic carbocycles. The molecule has 1 N–H and O–H groups in total. The van der Waals surface area contributed by atoms with Crippen molar-refractivity contribution in [2.75, 3.05) is 0 Å². The molecular weight excluding hydrogens is 315 g/mol. The Balaban J connectivity index is 0. The Bertz CT molecular complexity index is 473. The number of hydrogen-bond donors (Lipinski definition) is 1. The van der Waals surface area contributed by atoms with Gasteiger partial charge in [-0.05, 0) is 43.9 Å². The summed E-state index contributed by atoms with van der Waals surface area (Å²) in [6.45, 7) is 5.78. The minimum Gasteiger partial charge on any atom is -1.00 e. The Kier molecular flexibility index (Phi) is 9.27. The maximum atomic E-state index is 10.2. The van der Waals surface area contributed by atoms with Crippen molar-refractivity contribution in [2.24, 2.45) is 0 Å². The van der Waals surface area contributed by atoms with Gasteiger partial charge in [0.15, 0.2) is 0 Å². The Morgan fingerprint density at radius 2 is 1.68 bits per heavy atom. The largest absolute Gasteiger partial charge is 2.00 e. The summed E-state index contributed by atoms with van der Waals surface area (Å²) in [5, 5.41) is 10.2. The molecule has 1 aliphatic rings. The molecule has 1 nitrogen and oxygen atoms in total. The number of hydrogen-bond acceptors (Lipinski definition) is 1. The van der Waals surface area contributed by atoms with E-state index in [-0.39, 0.29) is 46.5 Å². The molecule has 0 aliphatic heterocycles. The molecule has 0 saturated heterocycles. The first-order chi connectivity index (χ1) is 7.48. The van der Waals surface area contributed by atoms with Gasteiger partial charge < -0.3 is 29.9 Å². The Morgan fingerprint density at radius 1 is 1.11 bits per heavy atom. The molecule has 0 aromatic heterocycles. The molecule has 0 unspecified atom stereocenters. The van der Waals surface area contributed by atoms with E-state index in [4.69, 9.17) is 0 Å². The van der Waals surface area contributed by atoms with E-state index in [1.807, 2.05) is 32.0 Å². The third-order valence-corrected chi connectivity index (χ3v) is 2.98. The summed E-state index contributed by atoms with van der Waals surface area (Å²) in [5.74, 6) is 0. The Morgan fingerprint density at radius 3 is 2.16 bits per heavy atom. The van der Waals surface area contributed by atoms with E-state index in [0.29, 0.717) is 0 Å². The smallest absolute Gasteiger partial charge is 1.00 e. The second kappa shape index (κ2) is 8.29. The molecule has 2 rings (SSSR count). The van der Waals surface area contributed by atoms with E-state index >= 15 is 0 Å². The van der Waals surface area contributed by atoms with Crippen LogP contribution in [0.5, 0.6) is 0 Å². The van der Waals surface area contributed by atoms with Gasteiger partial charge in [-0.1, -0.05) is 42.0 Å². The molecule has 19 heavy (non-hydrogen) atoms. The Labute approximate surface area is 142 Å². The van der Waals surface area contributed by atoms with Crippen molar-refractivity contribution in [1.29, 1.82) is 0 Å². The van der Waals surface area contributed by atoms with E-state index in [2.05, 4.69) is 25.1 Å². The topological polar surface area (TPSA) is 20.2 Å². The number of allylic oxidation sites excluding steroid dienone is 4. The molecule has 0 amide bonds. The minimum absolute atomic E-state index is 0. The average molecular weight is 333 g/mol. The van der Waals surface area contributed by atoms with Gasteiger partial charge in [-0.15, -0.1) is 0 Å². The summed E-state index contributed by atoms with van der Waals surface area (Å²) in [6.07, 6.45) is 5.39. The zero-order valence-corrected chi connectivity index (χ0v) is 14.4. The summed E-state index contributed by atoms with van der Waals surface area (Å²) in [5.41, 5.74) is 4.00. The molecule has 102 valence electrons. The molecular formula is C15H18Cl2OTi. The molecule has 0 radical (unpaired) electrons. The molecule has 1 aromatic rings. The van der Waals surface area contributed by atoms with Gasteiger partial charge in [0.05, 0.1) is 5.60 Å². The monoisotopic (exact) mass is 332 g/mol. The Hall–Kier alpha value is -0.0457. The summed E-state index contributed by atoms with van der Waals surface area (Å²) < 4.78 is 0. The van der Waals surface area contributed by atoms with Crippen LogP contribution in [0.25, 0.3) is 5.57 Å². The first-order valence-corrected chi connectivity index (χ1v) is 5.68. The van der Waals surface area contributed by atoms with Crippen LogP contribution in [0.4, 0.5) is 0 Å². The maximum absolute atomic E-state index is 10.2. The van der Waals surface area contributed by atoms with Gasteiger partial charge in [-0.25, -0.2) is 0 Å². The van der Waals surface area contributed by atoms with Gasteiger partial charge in [0, 0.05) is 0 Å². The predicted octanol–water partition coefficient (Wildman–Crippen LogP) is -2.35. The van der Waals surface area contributed by atoms with Gasteiger partial charge in [-0.2, -0.15) is 0 Å². The summed E-state index contributed by atoms with van der Waals surface area (Å²) in [4.78, 5) is 0. The van der Waals surface area contributed by atoms with Crippen LogP contribution in [-0.2, 0) is 27.3 Å². The SMILES string of the molecule is CC1=CCC(c2ccccc2C(C)(C)O)=C1.[Cl-].[Cl-].[Ti+2]. The van der Waals surface area contributed by atoms with Crippen molar-refractivity contribution in [2.45, 2.75) is 32.8 Å². The number of aliphatic hydroxyl groups is 1. The predicted molar refractivity (Wildman–Crippen MR) is 68.0 cm³/mol. The maximum Gasteiger partial charge on any atom is 2.00 e. The van der Waals surface area contributed by atoms with Gasteiger partial charge in [0.2, 0.25) is 0 Å². The van der Waals surface area contributed by atoms with Crippen LogP contribution in [0.3, 0.4) is 0 Å². The fraction of sp³-hybridized carbons (Fsp3) is 0.333. The summed E-state index contributed by atoms with van der Waals surface area (Å²) in [7, 11) is 0. The fourth-order valence-electron chi connectivity index (χ4n) is 2.15. The van der Waals surface area contributed by atoms with Gasteiger partial charge >= 0.3 is 21.7 Å². The van der Waals surface area contributed by atoms with Crippen molar-refractivity contribution in [3.63, 3.8) is 0 Å². The molecule has 0 heterocycles. The second-order valence-electron chi connectivity index (χ2n) is 4.93. The first-order valence-electron chi connectivity index (χ1n) is 5.68. The van der Waals surface area contributed by atoms with Crippen molar-refractivity contribution in [3.8, 4) is 0 Å². The molecule has 0 atom stereocenters. The van der Waals surface area contributed by atoms with Crippen LogP contribution < -0.4 is 24.8 Å². The molecule has 0 fully saturated rings. The zero-order valence-electron chi connectivity index (χ0n) is 11.4. The summed E-state index contributed by atoms with van der Waals surface area (Å²) >= 11 is 0. The third kappa shape index (κ3) is 5.09. The van der Waals surface area contributed by atoms with Crippen LogP contribution in [0.1, 0.15) is 38.3 Å². The molecule has 4 heteroatoms. The van der Waals surface area contributed by atoms with Gasteiger partial charge in [-0.3, -0.25) is 0 Å². The van der Waals surface area contributed by atoms with Crippen LogP contribution in [0.15, 0.2) is 42.0 Å². The fourth-order valence-corrected chi connectivity index (χ4v) is 2.15. The molecule has 0 bridgehead atoms. The van der Waals surface area contributed by atoms with Crippen LogP contribution in [0, 0.1) is 0 Å². The third-order valence-electron chi connectivity index (χ3n) is 2.98. The number of halogens is 2. The van der Waals surface area contributed by atoms with Gasteiger partial charge in [0.1, 0.15) is 0 Å². The van der Waals surface area contributed by atoms with Crippen LogP contribution >= 0.6 is 0 Å². The summed E-state index contributed by atoms with van der Waals surface area (Å²) in [6, 6.07) is 8.10. The van der Waals surface area contributed by atoms with E-state index < -0.39 is 5.60 Å². The van der Waals surface area contributed by atoms with Crippen LogP contribution in [0.2, 0.25) is 0 Å². The average Bonchev–Trinajstić information content (AvgIpc) is 2.64. The van der Waals surface area contributed by atoms with E-state index in [1.165, 1.54) is 16.7 Å². The minimum atomic E-state index is -0.784. The van der Waals surface area contributed by atoms with Gasteiger partial charge in [0.25, 0.3) is 0 Å². The van der Waals surface area contributed by atoms with Crippen molar-refractivity contribution in [1.82, 2.24) is 0 Å². The molecule has 1 aliphatic carbocycles. The standard InChI is InChI=1S/C15H18O.2ClH.Ti/c1-11-8-9-12(10-11)13-6-4-5-7-14(13)15(2,3)16;;;/h4-8,10,16H,9H2,1-3H3;2*1H;/q;;;+2/p-2. The molecule has 0 spiro atoms. The van der Waals surface area contributed by atoms with E-state index in [1.54, 1.807) is 0 Å². The normalized spacial score (nSPS) is 13.5. The van der Waals surface area contributed by atoms with Crippen molar-refractivity contribution in [3.05, 3.63) is 53.1 Å². The van der Waals surface area contributed by atoms with Crippen molar-refractivity contribution >= 4 is 5.57 Å². The zero-order chi connectivity index (χ0) is 11.8. The van der Waals surface area contributed by atoms with E-state index in [9.17, 15) is 5.11 Å². The number of benzene rings is 1. The number of rotatable bonds is 2.